The number of nitrogens with zero attached hydrogens (tertiary/aromatic N) is 1. The van der Waals surface area contributed by atoms with Crippen LogP contribution < -0.4 is 4.74 Å². The zero-order valence-corrected chi connectivity index (χ0v) is 9.09. The van der Waals surface area contributed by atoms with Gasteiger partial charge in [-0.2, -0.15) is 0 Å². The van der Waals surface area contributed by atoms with Crippen molar-refractivity contribution in [2.75, 3.05) is 7.11 Å². The van der Waals surface area contributed by atoms with E-state index in [1.807, 2.05) is 13.2 Å². The third-order valence-corrected chi connectivity index (χ3v) is 2.87. The van der Waals surface area contributed by atoms with E-state index < -0.39 is 0 Å². The fraction of sp³-hybridized carbons (Fsp3) is 0.333. The van der Waals surface area contributed by atoms with Gasteiger partial charge < -0.3 is 9.30 Å². The van der Waals surface area contributed by atoms with E-state index in [2.05, 4.69) is 30.5 Å². The molecule has 0 N–H and O–H groups in total. The Hall–Kier alpha value is -1.44. The summed E-state index contributed by atoms with van der Waals surface area (Å²) in [7, 11) is 3.76. The van der Waals surface area contributed by atoms with Gasteiger partial charge >= 0.3 is 0 Å². The highest BCUT2D eigenvalue weighted by Crippen LogP contribution is 2.31. The van der Waals surface area contributed by atoms with E-state index in [0.717, 1.165) is 5.75 Å². The van der Waals surface area contributed by atoms with Crippen LogP contribution in [-0.4, -0.2) is 11.7 Å². The zero-order chi connectivity index (χ0) is 10.3. The average Bonchev–Trinajstić information content (AvgIpc) is 2.50. The number of ether oxygens (including phenoxy) is 1. The van der Waals surface area contributed by atoms with Gasteiger partial charge in [-0.1, -0.05) is 6.07 Å². The van der Waals surface area contributed by atoms with Crippen LogP contribution in [0.25, 0.3) is 10.9 Å². The van der Waals surface area contributed by atoms with Gasteiger partial charge in [0.25, 0.3) is 0 Å². The summed E-state index contributed by atoms with van der Waals surface area (Å²) in [6, 6.07) is 4.29. The minimum Gasteiger partial charge on any atom is -0.495 e. The first-order valence-electron chi connectivity index (χ1n) is 4.74. The molecule has 14 heavy (non-hydrogen) atoms. The van der Waals surface area contributed by atoms with Crippen molar-refractivity contribution in [2.24, 2.45) is 7.05 Å². The molecule has 2 aromatic rings. The van der Waals surface area contributed by atoms with Crippen LogP contribution in [0.15, 0.2) is 18.3 Å². The van der Waals surface area contributed by atoms with Gasteiger partial charge in [-0.15, -0.1) is 0 Å². The molecule has 0 aliphatic heterocycles. The summed E-state index contributed by atoms with van der Waals surface area (Å²) < 4.78 is 7.46. The van der Waals surface area contributed by atoms with Gasteiger partial charge in [-0.3, -0.25) is 0 Å². The third-order valence-electron chi connectivity index (χ3n) is 2.87. The van der Waals surface area contributed by atoms with Crippen LogP contribution in [0.5, 0.6) is 5.75 Å². The highest BCUT2D eigenvalue weighted by Gasteiger charge is 2.10. The molecule has 0 aliphatic rings. The predicted molar refractivity (Wildman–Crippen MR) is 58.9 cm³/mol. The minimum absolute atomic E-state index is 0.962. The Morgan fingerprint density at radius 1 is 1.21 bits per heavy atom. The monoisotopic (exact) mass is 189 g/mol. The largest absolute Gasteiger partial charge is 0.495 e. The van der Waals surface area contributed by atoms with Crippen molar-refractivity contribution in [2.45, 2.75) is 13.8 Å². The molecule has 0 saturated heterocycles. The normalized spacial score (nSPS) is 10.9. The van der Waals surface area contributed by atoms with Crippen LogP contribution in [0.1, 0.15) is 11.1 Å². The molecule has 0 fully saturated rings. The Bertz CT molecular complexity index is 483. The summed E-state index contributed by atoms with van der Waals surface area (Å²) in [5.41, 5.74) is 3.84. The summed E-state index contributed by atoms with van der Waals surface area (Å²) in [6.45, 7) is 4.27. The van der Waals surface area contributed by atoms with Gasteiger partial charge in [0, 0.05) is 18.6 Å². The highest BCUT2D eigenvalue weighted by molar-refractivity contribution is 5.90. The van der Waals surface area contributed by atoms with E-state index in [4.69, 9.17) is 4.74 Å². The summed E-state index contributed by atoms with van der Waals surface area (Å²) in [5.74, 6) is 0.962. The first kappa shape index (κ1) is 9.13. The van der Waals surface area contributed by atoms with Crippen molar-refractivity contribution in [1.82, 2.24) is 4.57 Å². The molecule has 74 valence electrons. The lowest BCUT2D eigenvalue weighted by atomic mass is 10.1. The van der Waals surface area contributed by atoms with Crippen LogP contribution in [0, 0.1) is 13.8 Å². The summed E-state index contributed by atoms with van der Waals surface area (Å²) in [4.78, 5) is 0. The molecule has 2 nitrogen and oxygen atoms in total. The van der Waals surface area contributed by atoms with Crippen molar-refractivity contribution < 1.29 is 4.74 Å². The Balaban J connectivity index is 2.91. The van der Waals surface area contributed by atoms with Gasteiger partial charge in [-0.25, -0.2) is 0 Å². The fourth-order valence-electron chi connectivity index (χ4n) is 1.87. The smallest absolute Gasteiger partial charge is 0.144 e. The van der Waals surface area contributed by atoms with E-state index in [9.17, 15) is 0 Å². The number of aromatic nitrogens is 1. The second-order valence-electron chi connectivity index (χ2n) is 3.71. The van der Waals surface area contributed by atoms with Crippen molar-refractivity contribution >= 4 is 10.9 Å². The number of aryl methyl sites for hydroxylation is 3. The molecule has 0 bridgehead atoms. The quantitative estimate of drug-likeness (QED) is 0.672. The molecule has 1 aromatic carbocycles. The standard InChI is InChI=1S/C12H15NO/c1-8-5-6-10-12(9(8)2)11(14-4)7-13(10)3/h5-7H,1-4H3. The zero-order valence-electron chi connectivity index (χ0n) is 9.09. The summed E-state index contributed by atoms with van der Waals surface area (Å²) >= 11 is 0. The Kier molecular flexibility index (Phi) is 1.99. The molecule has 2 rings (SSSR count). The molecular formula is C12H15NO. The molecule has 0 unspecified atom stereocenters. The molecule has 1 heterocycles. The molecule has 1 aromatic heterocycles. The lowest BCUT2D eigenvalue weighted by Gasteiger charge is -2.04. The van der Waals surface area contributed by atoms with E-state index in [-0.39, 0.29) is 0 Å². The van der Waals surface area contributed by atoms with Crippen molar-refractivity contribution in [3.63, 3.8) is 0 Å². The Morgan fingerprint density at radius 3 is 2.57 bits per heavy atom. The number of hydrogen-bond acceptors (Lipinski definition) is 1. The molecule has 0 aliphatic carbocycles. The summed E-state index contributed by atoms with van der Waals surface area (Å²) in [6.07, 6.45) is 2.02. The molecule has 0 spiro atoms. The van der Waals surface area contributed by atoms with Crippen molar-refractivity contribution in [1.29, 1.82) is 0 Å². The van der Waals surface area contributed by atoms with Crippen LogP contribution in [-0.2, 0) is 7.05 Å². The first-order valence-corrected chi connectivity index (χ1v) is 4.74. The van der Waals surface area contributed by atoms with Crippen LogP contribution >= 0.6 is 0 Å². The SMILES string of the molecule is COc1cn(C)c2ccc(C)c(C)c12. The predicted octanol–water partition coefficient (Wildman–Crippen LogP) is 2.80. The van der Waals surface area contributed by atoms with Crippen molar-refractivity contribution in [3.05, 3.63) is 29.5 Å². The molecule has 0 amide bonds. The van der Waals surface area contributed by atoms with Crippen LogP contribution in [0.4, 0.5) is 0 Å². The maximum Gasteiger partial charge on any atom is 0.144 e. The van der Waals surface area contributed by atoms with Gasteiger partial charge in [-0.05, 0) is 31.0 Å². The third kappa shape index (κ3) is 1.10. The van der Waals surface area contributed by atoms with Gasteiger partial charge in [0.15, 0.2) is 0 Å². The lowest BCUT2D eigenvalue weighted by Crippen LogP contribution is -1.86. The van der Waals surface area contributed by atoms with E-state index >= 15 is 0 Å². The maximum absolute atomic E-state index is 5.36. The second-order valence-corrected chi connectivity index (χ2v) is 3.71. The molecule has 2 heteroatoms. The number of hydrogen-bond donors (Lipinski definition) is 0. The van der Waals surface area contributed by atoms with Gasteiger partial charge in [0.05, 0.1) is 12.6 Å². The molecule has 0 saturated carbocycles. The second kappa shape index (κ2) is 3.05. The van der Waals surface area contributed by atoms with E-state index in [1.54, 1.807) is 7.11 Å². The molecule has 0 atom stereocenters. The number of benzene rings is 1. The number of rotatable bonds is 1. The van der Waals surface area contributed by atoms with E-state index in [0.29, 0.717) is 0 Å². The lowest BCUT2D eigenvalue weighted by molar-refractivity contribution is 0.418. The van der Waals surface area contributed by atoms with Gasteiger partial charge in [0.2, 0.25) is 0 Å². The maximum atomic E-state index is 5.36. The molecule has 0 radical (unpaired) electrons. The first-order chi connectivity index (χ1) is 6.65. The van der Waals surface area contributed by atoms with Crippen LogP contribution in [0.2, 0.25) is 0 Å². The Morgan fingerprint density at radius 2 is 1.93 bits per heavy atom. The number of fused-ring (bicyclic) bond motifs is 1. The average molecular weight is 189 g/mol. The topological polar surface area (TPSA) is 14.2 Å². The van der Waals surface area contributed by atoms with Crippen molar-refractivity contribution in [3.8, 4) is 5.75 Å². The van der Waals surface area contributed by atoms with Crippen LogP contribution in [0.3, 0.4) is 0 Å². The number of methoxy groups -OCH3 is 1. The fourth-order valence-corrected chi connectivity index (χ4v) is 1.87. The van der Waals surface area contributed by atoms with E-state index in [1.165, 1.54) is 22.0 Å². The highest BCUT2D eigenvalue weighted by atomic mass is 16.5. The minimum atomic E-state index is 0.962. The molecular weight excluding hydrogens is 174 g/mol. The summed E-state index contributed by atoms with van der Waals surface area (Å²) in [5, 5.41) is 1.23. The Labute approximate surface area is 84.1 Å². The van der Waals surface area contributed by atoms with Gasteiger partial charge in [0.1, 0.15) is 5.75 Å².